The molecule has 0 unspecified atom stereocenters. The first-order valence-electron chi connectivity index (χ1n) is 6.55. The van der Waals surface area contributed by atoms with Gasteiger partial charge < -0.3 is 15.2 Å². The second-order valence-corrected chi connectivity index (χ2v) is 5.49. The third kappa shape index (κ3) is 4.13. The summed E-state index contributed by atoms with van der Waals surface area (Å²) in [6.07, 6.45) is 0.135. The van der Waals surface area contributed by atoms with Gasteiger partial charge in [-0.15, -0.1) is 0 Å². The van der Waals surface area contributed by atoms with Crippen molar-refractivity contribution >= 4 is 34.8 Å². The Labute approximate surface area is 138 Å². The van der Waals surface area contributed by atoms with Crippen LogP contribution >= 0.6 is 23.2 Å². The first-order valence-corrected chi connectivity index (χ1v) is 7.30. The summed E-state index contributed by atoms with van der Waals surface area (Å²) in [7, 11) is 1.52. The molecule has 116 valence electrons. The fraction of sp³-hybridized carbons (Fsp3) is 0.188. The van der Waals surface area contributed by atoms with E-state index in [0.29, 0.717) is 32.6 Å². The van der Waals surface area contributed by atoms with E-state index in [1.807, 2.05) is 0 Å². The quantitative estimate of drug-likeness (QED) is 0.873. The molecule has 6 heteroatoms. The third-order valence-electron chi connectivity index (χ3n) is 3.10. The number of nitrogens with one attached hydrogen (secondary N) is 1. The molecule has 2 aromatic rings. The molecule has 0 radical (unpaired) electrons. The van der Waals surface area contributed by atoms with Crippen LogP contribution in [0.25, 0.3) is 0 Å². The predicted molar refractivity (Wildman–Crippen MR) is 87.7 cm³/mol. The van der Waals surface area contributed by atoms with E-state index in [-0.39, 0.29) is 18.9 Å². The molecule has 2 rings (SSSR count). The number of methoxy groups -OCH3 is 1. The molecular weight excluding hydrogens is 325 g/mol. The minimum atomic E-state index is -0.210. The van der Waals surface area contributed by atoms with Gasteiger partial charge in [0.15, 0.2) is 0 Å². The highest BCUT2D eigenvalue weighted by atomic mass is 35.5. The second kappa shape index (κ2) is 7.49. The fourth-order valence-electron chi connectivity index (χ4n) is 2.02. The van der Waals surface area contributed by atoms with Crippen molar-refractivity contribution in [1.29, 1.82) is 0 Å². The highest BCUT2D eigenvalue weighted by Gasteiger charge is 2.10. The normalized spacial score (nSPS) is 10.4. The van der Waals surface area contributed by atoms with Crippen molar-refractivity contribution in [2.24, 2.45) is 0 Å². The largest absolute Gasteiger partial charge is 0.496 e. The molecule has 2 aromatic carbocycles. The molecule has 0 saturated heterocycles. The Morgan fingerprint density at radius 3 is 2.59 bits per heavy atom. The van der Waals surface area contributed by atoms with Gasteiger partial charge in [-0.1, -0.05) is 29.3 Å². The number of aliphatic hydroxyl groups excluding tert-OH is 1. The molecule has 0 aromatic heterocycles. The van der Waals surface area contributed by atoms with Crippen molar-refractivity contribution in [1.82, 2.24) is 0 Å². The summed E-state index contributed by atoms with van der Waals surface area (Å²) in [6, 6.07) is 10.1. The Hall–Kier alpha value is -1.75. The zero-order valence-electron chi connectivity index (χ0n) is 11.9. The molecule has 22 heavy (non-hydrogen) atoms. The summed E-state index contributed by atoms with van der Waals surface area (Å²) >= 11 is 11.9. The van der Waals surface area contributed by atoms with Crippen LogP contribution in [0.4, 0.5) is 5.69 Å². The summed E-state index contributed by atoms with van der Waals surface area (Å²) in [6.45, 7) is -0.171. The number of ether oxygens (including phenoxy) is 1. The molecule has 0 spiro atoms. The minimum absolute atomic E-state index is 0.135. The average Bonchev–Trinajstić information content (AvgIpc) is 2.50. The molecular formula is C16H15Cl2NO3. The van der Waals surface area contributed by atoms with E-state index < -0.39 is 0 Å². The summed E-state index contributed by atoms with van der Waals surface area (Å²) in [5.41, 5.74) is 1.88. The monoisotopic (exact) mass is 339 g/mol. The number of carbonyl (C=O) groups is 1. The number of amides is 1. The Morgan fingerprint density at radius 1 is 1.18 bits per heavy atom. The van der Waals surface area contributed by atoms with Gasteiger partial charge >= 0.3 is 0 Å². The minimum Gasteiger partial charge on any atom is -0.496 e. The van der Waals surface area contributed by atoms with Crippen LogP contribution in [0.15, 0.2) is 36.4 Å². The number of rotatable bonds is 5. The molecule has 0 saturated carbocycles. The molecule has 2 N–H and O–H groups in total. The van der Waals surface area contributed by atoms with Gasteiger partial charge in [-0.2, -0.15) is 0 Å². The van der Waals surface area contributed by atoms with E-state index in [1.165, 1.54) is 7.11 Å². The van der Waals surface area contributed by atoms with Crippen LogP contribution in [0.2, 0.25) is 10.0 Å². The van der Waals surface area contributed by atoms with Crippen LogP contribution in [0, 0.1) is 0 Å². The van der Waals surface area contributed by atoms with Crippen molar-refractivity contribution in [3.63, 3.8) is 0 Å². The average molecular weight is 340 g/mol. The molecule has 0 aliphatic rings. The standard InChI is InChI=1S/C16H15Cl2NO3/c1-22-15-5-4-13(6-11(15)9-20)19-16(21)7-10-2-3-12(17)8-14(10)18/h2-6,8,20H,7,9H2,1H3,(H,19,21). The summed E-state index contributed by atoms with van der Waals surface area (Å²) < 4.78 is 5.12. The van der Waals surface area contributed by atoms with Gasteiger partial charge in [0.2, 0.25) is 5.91 Å². The molecule has 0 heterocycles. The van der Waals surface area contributed by atoms with E-state index in [9.17, 15) is 9.90 Å². The number of hydrogen-bond acceptors (Lipinski definition) is 3. The summed E-state index contributed by atoms with van der Waals surface area (Å²) in [4.78, 5) is 12.1. The first-order chi connectivity index (χ1) is 10.5. The van der Waals surface area contributed by atoms with Crippen LogP contribution in [0.5, 0.6) is 5.75 Å². The van der Waals surface area contributed by atoms with Gasteiger partial charge in [0, 0.05) is 21.3 Å². The van der Waals surface area contributed by atoms with Crippen molar-refractivity contribution < 1.29 is 14.6 Å². The maximum Gasteiger partial charge on any atom is 0.228 e. The topological polar surface area (TPSA) is 58.6 Å². The Kier molecular flexibility index (Phi) is 5.66. The van der Waals surface area contributed by atoms with Crippen molar-refractivity contribution in [2.45, 2.75) is 13.0 Å². The number of carbonyl (C=O) groups excluding carboxylic acids is 1. The molecule has 0 aliphatic heterocycles. The van der Waals surface area contributed by atoms with Gasteiger partial charge in [-0.05, 0) is 35.9 Å². The van der Waals surface area contributed by atoms with Crippen LogP contribution in [-0.2, 0) is 17.8 Å². The lowest BCUT2D eigenvalue weighted by atomic mass is 10.1. The maximum atomic E-state index is 12.1. The van der Waals surface area contributed by atoms with E-state index >= 15 is 0 Å². The number of anilines is 1. The van der Waals surface area contributed by atoms with E-state index in [1.54, 1.807) is 36.4 Å². The lowest BCUT2D eigenvalue weighted by Gasteiger charge is -2.10. The smallest absolute Gasteiger partial charge is 0.228 e. The fourth-order valence-corrected chi connectivity index (χ4v) is 2.50. The molecule has 0 bridgehead atoms. The lowest BCUT2D eigenvalue weighted by Crippen LogP contribution is -2.14. The van der Waals surface area contributed by atoms with Gasteiger partial charge in [0.25, 0.3) is 0 Å². The zero-order chi connectivity index (χ0) is 16.1. The summed E-state index contributed by atoms with van der Waals surface area (Å²) in [5.74, 6) is 0.361. The van der Waals surface area contributed by atoms with E-state index in [0.717, 1.165) is 0 Å². The first kappa shape index (κ1) is 16.6. The Morgan fingerprint density at radius 2 is 1.95 bits per heavy atom. The van der Waals surface area contributed by atoms with Crippen molar-refractivity contribution in [3.05, 3.63) is 57.6 Å². The summed E-state index contributed by atoms with van der Waals surface area (Å²) in [5, 5.41) is 13.0. The Balaban J connectivity index is 2.08. The van der Waals surface area contributed by atoms with E-state index in [2.05, 4.69) is 5.32 Å². The number of benzene rings is 2. The molecule has 0 aliphatic carbocycles. The van der Waals surface area contributed by atoms with Gasteiger partial charge in [0.1, 0.15) is 5.75 Å². The van der Waals surface area contributed by atoms with Crippen LogP contribution in [0.3, 0.4) is 0 Å². The van der Waals surface area contributed by atoms with Gasteiger partial charge in [-0.3, -0.25) is 4.79 Å². The van der Waals surface area contributed by atoms with Crippen molar-refractivity contribution in [3.8, 4) is 5.75 Å². The zero-order valence-corrected chi connectivity index (χ0v) is 13.4. The molecule has 1 amide bonds. The lowest BCUT2D eigenvalue weighted by molar-refractivity contribution is -0.115. The highest BCUT2D eigenvalue weighted by Crippen LogP contribution is 2.24. The molecule has 0 fully saturated rings. The number of hydrogen-bond donors (Lipinski definition) is 2. The SMILES string of the molecule is COc1ccc(NC(=O)Cc2ccc(Cl)cc2Cl)cc1CO. The Bertz CT molecular complexity index is 689. The van der Waals surface area contributed by atoms with Gasteiger partial charge in [0.05, 0.1) is 20.1 Å². The van der Waals surface area contributed by atoms with Crippen molar-refractivity contribution in [2.75, 3.05) is 12.4 Å². The third-order valence-corrected chi connectivity index (χ3v) is 3.69. The van der Waals surface area contributed by atoms with Gasteiger partial charge in [-0.25, -0.2) is 0 Å². The molecule has 0 atom stereocenters. The number of aliphatic hydroxyl groups is 1. The van der Waals surface area contributed by atoms with E-state index in [4.69, 9.17) is 27.9 Å². The maximum absolute atomic E-state index is 12.1. The second-order valence-electron chi connectivity index (χ2n) is 4.65. The van der Waals surface area contributed by atoms with Crippen LogP contribution in [-0.4, -0.2) is 18.1 Å². The highest BCUT2D eigenvalue weighted by molar-refractivity contribution is 6.35. The molecule has 4 nitrogen and oxygen atoms in total. The predicted octanol–water partition coefficient (Wildman–Crippen LogP) is 3.68. The number of halogens is 2. The van der Waals surface area contributed by atoms with Crippen LogP contribution < -0.4 is 10.1 Å². The van der Waals surface area contributed by atoms with Crippen LogP contribution in [0.1, 0.15) is 11.1 Å².